The van der Waals surface area contributed by atoms with Crippen LogP contribution < -0.4 is 0 Å². The number of ether oxygens (including phenoxy) is 1. The maximum Gasteiger partial charge on any atom is 0.309 e. The summed E-state index contributed by atoms with van der Waals surface area (Å²) in [5.74, 6) is 0.343. The van der Waals surface area contributed by atoms with Crippen LogP contribution in [0, 0.1) is 5.92 Å². The molecule has 1 fully saturated rings. The van der Waals surface area contributed by atoms with E-state index in [2.05, 4.69) is 43.1 Å². The molecular formula is C16H23NO2. The lowest BCUT2D eigenvalue weighted by atomic mass is 9.84. The molecule has 3 nitrogen and oxygen atoms in total. The van der Waals surface area contributed by atoms with E-state index in [1.807, 2.05) is 0 Å². The average molecular weight is 261 g/mol. The van der Waals surface area contributed by atoms with Gasteiger partial charge in [-0.15, -0.1) is 0 Å². The van der Waals surface area contributed by atoms with Gasteiger partial charge in [0.2, 0.25) is 0 Å². The first-order chi connectivity index (χ1) is 9.13. The van der Waals surface area contributed by atoms with Crippen molar-refractivity contribution in [3.63, 3.8) is 0 Å². The van der Waals surface area contributed by atoms with Crippen LogP contribution in [0.1, 0.15) is 30.4 Å². The fourth-order valence-corrected chi connectivity index (χ4v) is 2.92. The first-order valence-electron chi connectivity index (χ1n) is 6.99. The summed E-state index contributed by atoms with van der Waals surface area (Å²) in [6, 6.07) is 8.79. The lowest BCUT2D eigenvalue weighted by Gasteiger charge is -2.34. The van der Waals surface area contributed by atoms with Crippen LogP contribution in [0.2, 0.25) is 0 Å². The van der Waals surface area contributed by atoms with E-state index in [1.165, 1.54) is 18.2 Å². The minimum Gasteiger partial charge on any atom is -0.469 e. The highest BCUT2D eigenvalue weighted by Gasteiger charge is 2.31. The van der Waals surface area contributed by atoms with Gasteiger partial charge in [0.05, 0.1) is 13.0 Å². The summed E-state index contributed by atoms with van der Waals surface area (Å²) < 4.78 is 4.89. The molecule has 0 aromatic heterocycles. The Bertz CT molecular complexity index is 427. The Kier molecular flexibility index (Phi) is 4.59. The van der Waals surface area contributed by atoms with Crippen molar-refractivity contribution in [3.8, 4) is 0 Å². The van der Waals surface area contributed by atoms with E-state index in [1.54, 1.807) is 0 Å². The molecule has 2 rings (SSSR count). The number of benzene rings is 1. The Morgan fingerprint density at radius 3 is 2.58 bits per heavy atom. The molecule has 2 atom stereocenters. The molecule has 19 heavy (non-hydrogen) atoms. The van der Waals surface area contributed by atoms with Crippen LogP contribution in [-0.4, -0.2) is 38.1 Å². The summed E-state index contributed by atoms with van der Waals surface area (Å²) >= 11 is 0. The summed E-state index contributed by atoms with van der Waals surface area (Å²) in [5, 5.41) is 0. The molecule has 0 spiro atoms. The number of hydrogen-bond donors (Lipinski definition) is 0. The zero-order chi connectivity index (χ0) is 13.8. The van der Waals surface area contributed by atoms with Crippen LogP contribution in [0.4, 0.5) is 0 Å². The number of rotatable bonds is 3. The maximum absolute atomic E-state index is 11.7. The average Bonchev–Trinajstić information content (AvgIpc) is 2.45. The van der Waals surface area contributed by atoms with Crippen molar-refractivity contribution < 1.29 is 9.53 Å². The van der Waals surface area contributed by atoms with Crippen LogP contribution in [0.25, 0.3) is 0 Å². The molecule has 1 aromatic carbocycles. The Balaban J connectivity index is 2.11. The molecule has 1 aromatic rings. The van der Waals surface area contributed by atoms with E-state index < -0.39 is 0 Å². The second-order valence-corrected chi connectivity index (χ2v) is 5.47. The van der Waals surface area contributed by atoms with Crippen LogP contribution in [0.3, 0.4) is 0 Å². The first kappa shape index (κ1) is 14.1. The van der Waals surface area contributed by atoms with Crippen molar-refractivity contribution in [2.24, 2.45) is 5.92 Å². The Hall–Kier alpha value is -1.35. The summed E-state index contributed by atoms with van der Waals surface area (Å²) in [6.45, 7) is 3.98. The van der Waals surface area contributed by atoms with Crippen molar-refractivity contribution in [2.75, 3.05) is 27.2 Å². The molecule has 104 valence electrons. The number of methoxy groups -OCH3 is 1. The SMILES string of the molecule is CCc1ccc(C2CC(C(=O)OC)CN(C)C2)cc1. The smallest absolute Gasteiger partial charge is 0.309 e. The molecule has 1 saturated heterocycles. The van der Waals surface area contributed by atoms with Crippen molar-refractivity contribution >= 4 is 5.97 Å². The molecular weight excluding hydrogens is 238 g/mol. The first-order valence-corrected chi connectivity index (χ1v) is 6.99. The number of carbonyl (C=O) groups is 1. The number of nitrogens with zero attached hydrogens (tertiary/aromatic N) is 1. The molecule has 1 aliphatic rings. The standard InChI is InChI=1S/C16H23NO2/c1-4-12-5-7-13(8-6-12)14-9-15(16(18)19-3)11-17(2)10-14/h5-8,14-15H,4,9-11H2,1-3H3. The minimum absolute atomic E-state index is 0.000369. The fourth-order valence-electron chi connectivity index (χ4n) is 2.92. The van der Waals surface area contributed by atoms with Gasteiger partial charge in [-0.2, -0.15) is 0 Å². The molecule has 0 saturated carbocycles. The van der Waals surface area contributed by atoms with Gasteiger partial charge in [0.1, 0.15) is 0 Å². The molecule has 1 aliphatic heterocycles. The normalized spacial score (nSPS) is 24.2. The maximum atomic E-state index is 11.7. The van der Waals surface area contributed by atoms with E-state index in [4.69, 9.17) is 4.74 Å². The van der Waals surface area contributed by atoms with Crippen molar-refractivity contribution in [1.82, 2.24) is 4.90 Å². The predicted octanol–water partition coefficient (Wildman–Crippen LogP) is 2.46. The summed E-state index contributed by atoms with van der Waals surface area (Å²) in [7, 11) is 3.55. The van der Waals surface area contributed by atoms with E-state index in [0.29, 0.717) is 5.92 Å². The van der Waals surface area contributed by atoms with Crippen LogP contribution in [0.15, 0.2) is 24.3 Å². The number of aryl methyl sites for hydroxylation is 1. The van der Waals surface area contributed by atoms with Gasteiger partial charge < -0.3 is 9.64 Å². The van der Waals surface area contributed by atoms with Gasteiger partial charge in [0.15, 0.2) is 0 Å². The Morgan fingerprint density at radius 2 is 2.00 bits per heavy atom. The lowest BCUT2D eigenvalue weighted by Crippen LogP contribution is -2.40. The van der Waals surface area contributed by atoms with Crippen LogP contribution >= 0.6 is 0 Å². The summed E-state index contributed by atoms with van der Waals surface area (Å²) in [6.07, 6.45) is 1.96. The topological polar surface area (TPSA) is 29.5 Å². The van der Waals surface area contributed by atoms with Crippen molar-refractivity contribution in [2.45, 2.75) is 25.7 Å². The van der Waals surface area contributed by atoms with Gasteiger partial charge in [-0.1, -0.05) is 31.2 Å². The van der Waals surface area contributed by atoms with Gasteiger partial charge in [0.25, 0.3) is 0 Å². The second kappa shape index (κ2) is 6.20. The largest absolute Gasteiger partial charge is 0.469 e. The van der Waals surface area contributed by atoms with Gasteiger partial charge in [-0.25, -0.2) is 0 Å². The van der Waals surface area contributed by atoms with Crippen molar-refractivity contribution in [1.29, 1.82) is 0 Å². The van der Waals surface area contributed by atoms with E-state index in [0.717, 1.165) is 25.9 Å². The second-order valence-electron chi connectivity index (χ2n) is 5.47. The summed E-state index contributed by atoms with van der Waals surface area (Å²) in [4.78, 5) is 14.0. The monoisotopic (exact) mass is 261 g/mol. The fraction of sp³-hybridized carbons (Fsp3) is 0.562. The predicted molar refractivity (Wildman–Crippen MR) is 76.2 cm³/mol. The number of carbonyl (C=O) groups excluding carboxylic acids is 1. The molecule has 0 bridgehead atoms. The van der Waals surface area contributed by atoms with E-state index in [9.17, 15) is 4.79 Å². The zero-order valence-corrected chi connectivity index (χ0v) is 12.1. The summed E-state index contributed by atoms with van der Waals surface area (Å²) in [5.41, 5.74) is 2.69. The molecule has 0 aliphatic carbocycles. The van der Waals surface area contributed by atoms with Gasteiger partial charge in [-0.3, -0.25) is 4.79 Å². The third-order valence-electron chi connectivity index (χ3n) is 4.03. The number of hydrogen-bond acceptors (Lipinski definition) is 3. The number of likely N-dealkylation sites (tertiary alicyclic amines) is 1. The number of likely N-dealkylation sites (N-methyl/N-ethyl adjacent to an activating group) is 1. The molecule has 2 unspecified atom stereocenters. The van der Waals surface area contributed by atoms with Crippen LogP contribution in [0.5, 0.6) is 0 Å². The highest BCUT2D eigenvalue weighted by Crippen LogP contribution is 2.30. The molecule has 0 amide bonds. The number of esters is 1. The highest BCUT2D eigenvalue weighted by molar-refractivity contribution is 5.72. The Morgan fingerprint density at radius 1 is 1.32 bits per heavy atom. The third kappa shape index (κ3) is 3.35. The lowest BCUT2D eigenvalue weighted by molar-refractivity contribution is -0.147. The quantitative estimate of drug-likeness (QED) is 0.783. The minimum atomic E-state index is -0.0817. The van der Waals surface area contributed by atoms with Gasteiger partial charge >= 0.3 is 5.97 Å². The zero-order valence-electron chi connectivity index (χ0n) is 12.1. The Labute approximate surface area is 115 Å². The highest BCUT2D eigenvalue weighted by atomic mass is 16.5. The van der Waals surface area contributed by atoms with E-state index in [-0.39, 0.29) is 11.9 Å². The molecule has 0 radical (unpaired) electrons. The molecule has 3 heteroatoms. The molecule has 1 heterocycles. The van der Waals surface area contributed by atoms with E-state index >= 15 is 0 Å². The van der Waals surface area contributed by atoms with Crippen molar-refractivity contribution in [3.05, 3.63) is 35.4 Å². The third-order valence-corrected chi connectivity index (χ3v) is 4.03. The number of piperidine rings is 1. The van der Waals surface area contributed by atoms with Gasteiger partial charge in [-0.05, 0) is 36.9 Å². The van der Waals surface area contributed by atoms with Gasteiger partial charge in [0, 0.05) is 13.1 Å². The van der Waals surface area contributed by atoms with Crippen LogP contribution in [-0.2, 0) is 16.0 Å². The molecule has 0 N–H and O–H groups in total.